The van der Waals surface area contributed by atoms with Crippen LogP contribution in [0.2, 0.25) is 0 Å². The lowest BCUT2D eigenvalue weighted by Crippen LogP contribution is -2.26. The third kappa shape index (κ3) is 5.47. The second-order valence-corrected chi connectivity index (χ2v) is 6.89. The Labute approximate surface area is 162 Å². The van der Waals surface area contributed by atoms with Gasteiger partial charge in [-0.3, -0.25) is 4.79 Å². The summed E-state index contributed by atoms with van der Waals surface area (Å²) in [5, 5.41) is 16.5. The van der Waals surface area contributed by atoms with E-state index in [1.165, 1.54) is 19.4 Å². The molecule has 2 rings (SSSR count). The number of halogens is 2. The van der Waals surface area contributed by atoms with E-state index in [9.17, 15) is 9.90 Å². The molecular weight excluding hydrogens is 454 g/mol. The molecule has 0 aliphatic heterocycles. The van der Waals surface area contributed by atoms with Crippen molar-refractivity contribution in [3.05, 3.63) is 50.4 Å². The van der Waals surface area contributed by atoms with Crippen molar-refractivity contribution < 1.29 is 14.6 Å². The number of anilines is 1. The van der Waals surface area contributed by atoms with Crippen LogP contribution in [0.3, 0.4) is 0 Å². The average molecular weight is 471 g/mol. The van der Waals surface area contributed by atoms with Gasteiger partial charge in [-0.2, -0.15) is 5.10 Å². The van der Waals surface area contributed by atoms with Crippen molar-refractivity contribution in [2.45, 2.75) is 6.92 Å². The molecule has 0 atom stereocenters. The molecule has 0 aliphatic carbocycles. The van der Waals surface area contributed by atoms with E-state index in [0.29, 0.717) is 11.3 Å². The molecule has 8 heteroatoms. The maximum Gasteiger partial charge on any atom is 0.259 e. The molecule has 1 amide bonds. The number of hydrazone groups is 1. The summed E-state index contributed by atoms with van der Waals surface area (Å²) < 4.78 is 6.75. The SMILES string of the molecule is COc1cc(C=NNC(=O)CNc2c(Br)cc(C)cc2Br)ccc1O. The van der Waals surface area contributed by atoms with Crippen LogP contribution < -0.4 is 15.5 Å². The summed E-state index contributed by atoms with van der Waals surface area (Å²) in [5.74, 6) is 0.0921. The molecule has 0 unspecified atom stereocenters. The molecule has 6 nitrogen and oxygen atoms in total. The van der Waals surface area contributed by atoms with Gasteiger partial charge in [0.1, 0.15) is 0 Å². The standard InChI is InChI=1S/C17H17Br2N3O3/c1-10-5-12(18)17(13(19)6-10)20-9-16(24)22-21-8-11-3-4-14(23)15(7-11)25-2/h3-8,20,23H,9H2,1-2H3,(H,22,24). The fraction of sp³-hybridized carbons (Fsp3) is 0.176. The normalized spacial score (nSPS) is 10.7. The monoisotopic (exact) mass is 469 g/mol. The number of rotatable bonds is 6. The molecule has 0 heterocycles. The zero-order valence-electron chi connectivity index (χ0n) is 13.6. The van der Waals surface area contributed by atoms with Crippen LogP contribution in [0.5, 0.6) is 11.5 Å². The Kier molecular flexibility index (Phi) is 6.83. The van der Waals surface area contributed by atoms with Crippen molar-refractivity contribution in [1.82, 2.24) is 5.43 Å². The quantitative estimate of drug-likeness (QED) is 0.443. The molecule has 0 bridgehead atoms. The van der Waals surface area contributed by atoms with Gasteiger partial charge in [0.25, 0.3) is 5.91 Å². The smallest absolute Gasteiger partial charge is 0.259 e. The van der Waals surface area contributed by atoms with Crippen molar-refractivity contribution in [2.24, 2.45) is 5.10 Å². The van der Waals surface area contributed by atoms with E-state index in [4.69, 9.17) is 4.74 Å². The van der Waals surface area contributed by atoms with Crippen LogP contribution in [-0.4, -0.2) is 30.9 Å². The van der Waals surface area contributed by atoms with Gasteiger partial charge in [0.2, 0.25) is 0 Å². The molecule has 0 saturated carbocycles. The third-order valence-corrected chi connectivity index (χ3v) is 4.47. The van der Waals surface area contributed by atoms with Crippen LogP contribution in [0.15, 0.2) is 44.4 Å². The first-order valence-electron chi connectivity index (χ1n) is 7.29. The molecule has 132 valence electrons. The molecule has 0 spiro atoms. The minimum Gasteiger partial charge on any atom is -0.504 e. The summed E-state index contributed by atoms with van der Waals surface area (Å²) in [4.78, 5) is 11.9. The Morgan fingerprint density at radius 2 is 1.96 bits per heavy atom. The van der Waals surface area contributed by atoms with Gasteiger partial charge < -0.3 is 15.2 Å². The largest absolute Gasteiger partial charge is 0.504 e. The number of carbonyl (C=O) groups excluding carboxylic acids is 1. The van der Waals surface area contributed by atoms with Crippen LogP contribution in [-0.2, 0) is 4.79 Å². The number of carbonyl (C=O) groups is 1. The highest BCUT2D eigenvalue weighted by atomic mass is 79.9. The zero-order chi connectivity index (χ0) is 18.4. The number of hydrogen-bond acceptors (Lipinski definition) is 5. The molecule has 0 saturated heterocycles. The van der Waals surface area contributed by atoms with Gasteiger partial charge in [-0.25, -0.2) is 5.43 Å². The molecule has 2 aromatic rings. The summed E-state index contributed by atoms with van der Waals surface area (Å²) in [5.41, 5.74) is 5.02. The summed E-state index contributed by atoms with van der Waals surface area (Å²) >= 11 is 6.93. The van der Waals surface area contributed by atoms with Gasteiger partial charge in [-0.15, -0.1) is 0 Å². The number of nitrogens with one attached hydrogen (secondary N) is 2. The maximum atomic E-state index is 11.9. The minimum atomic E-state index is -0.290. The Hall–Kier alpha value is -2.06. The van der Waals surface area contributed by atoms with E-state index < -0.39 is 0 Å². The summed E-state index contributed by atoms with van der Waals surface area (Å²) in [6.07, 6.45) is 1.47. The molecule has 0 aliphatic rings. The van der Waals surface area contributed by atoms with Crippen molar-refractivity contribution >= 4 is 49.7 Å². The Morgan fingerprint density at radius 3 is 2.60 bits per heavy atom. The fourth-order valence-electron chi connectivity index (χ4n) is 2.03. The van der Waals surface area contributed by atoms with E-state index in [2.05, 4.69) is 47.7 Å². The third-order valence-electron chi connectivity index (χ3n) is 3.22. The summed E-state index contributed by atoms with van der Waals surface area (Å²) in [6, 6.07) is 8.69. The van der Waals surface area contributed by atoms with Crippen LogP contribution >= 0.6 is 31.9 Å². The van der Waals surface area contributed by atoms with E-state index >= 15 is 0 Å². The molecule has 0 fully saturated rings. The average Bonchev–Trinajstić information content (AvgIpc) is 2.55. The van der Waals surface area contributed by atoms with Crippen LogP contribution in [0.25, 0.3) is 0 Å². The predicted octanol–water partition coefficient (Wildman–Crippen LogP) is 3.80. The van der Waals surface area contributed by atoms with E-state index in [1.54, 1.807) is 12.1 Å². The van der Waals surface area contributed by atoms with Crippen molar-refractivity contribution in [1.29, 1.82) is 0 Å². The minimum absolute atomic E-state index is 0.0436. The van der Waals surface area contributed by atoms with Gasteiger partial charge in [-0.1, -0.05) is 0 Å². The molecule has 25 heavy (non-hydrogen) atoms. The second-order valence-electron chi connectivity index (χ2n) is 5.18. The lowest BCUT2D eigenvalue weighted by atomic mass is 10.2. The van der Waals surface area contributed by atoms with Crippen LogP contribution in [0.1, 0.15) is 11.1 Å². The highest BCUT2D eigenvalue weighted by molar-refractivity contribution is 9.11. The first kappa shape index (κ1) is 19.3. The Bertz CT molecular complexity index is 787. The second kappa shape index (κ2) is 8.87. The number of amides is 1. The Balaban J connectivity index is 1.91. The number of nitrogens with zero attached hydrogens (tertiary/aromatic N) is 1. The van der Waals surface area contributed by atoms with E-state index in [1.807, 2.05) is 19.1 Å². The Morgan fingerprint density at radius 1 is 1.28 bits per heavy atom. The van der Waals surface area contributed by atoms with E-state index in [0.717, 1.165) is 20.2 Å². The van der Waals surface area contributed by atoms with Crippen LogP contribution in [0, 0.1) is 6.92 Å². The number of phenolic OH excluding ortho intramolecular Hbond substituents is 1. The number of hydrogen-bond donors (Lipinski definition) is 3. The van der Waals surface area contributed by atoms with Gasteiger partial charge >= 0.3 is 0 Å². The predicted molar refractivity (Wildman–Crippen MR) is 105 cm³/mol. The molecule has 3 N–H and O–H groups in total. The number of aromatic hydroxyl groups is 1. The molecular formula is C17H17Br2N3O3. The van der Waals surface area contributed by atoms with Gasteiger partial charge in [-0.05, 0) is 80.2 Å². The van der Waals surface area contributed by atoms with Gasteiger partial charge in [0.05, 0.1) is 25.6 Å². The van der Waals surface area contributed by atoms with Crippen molar-refractivity contribution in [2.75, 3.05) is 19.0 Å². The zero-order valence-corrected chi connectivity index (χ0v) is 16.8. The molecule has 0 radical (unpaired) electrons. The topological polar surface area (TPSA) is 83.0 Å². The number of benzene rings is 2. The van der Waals surface area contributed by atoms with E-state index in [-0.39, 0.29) is 18.2 Å². The van der Waals surface area contributed by atoms with Crippen molar-refractivity contribution in [3.63, 3.8) is 0 Å². The first-order chi connectivity index (χ1) is 11.9. The number of ether oxygens (including phenoxy) is 1. The number of aryl methyl sites for hydroxylation is 1. The lowest BCUT2D eigenvalue weighted by molar-refractivity contribution is -0.119. The highest BCUT2D eigenvalue weighted by Crippen LogP contribution is 2.32. The summed E-state index contributed by atoms with van der Waals surface area (Å²) in [6.45, 7) is 2.05. The number of methoxy groups -OCH3 is 1. The van der Waals surface area contributed by atoms with Crippen molar-refractivity contribution in [3.8, 4) is 11.5 Å². The highest BCUT2D eigenvalue weighted by Gasteiger charge is 2.08. The van der Waals surface area contributed by atoms with Gasteiger partial charge in [0.15, 0.2) is 11.5 Å². The maximum absolute atomic E-state index is 11.9. The molecule has 0 aromatic heterocycles. The molecule has 2 aromatic carbocycles. The summed E-state index contributed by atoms with van der Waals surface area (Å²) in [7, 11) is 1.46. The number of phenols is 1. The lowest BCUT2D eigenvalue weighted by Gasteiger charge is -2.11. The first-order valence-corrected chi connectivity index (χ1v) is 8.87. The van der Waals surface area contributed by atoms with Gasteiger partial charge in [0, 0.05) is 8.95 Å². The van der Waals surface area contributed by atoms with Crippen LogP contribution in [0.4, 0.5) is 5.69 Å². The fourth-order valence-corrected chi connectivity index (χ4v) is 3.73.